The van der Waals surface area contributed by atoms with E-state index in [2.05, 4.69) is 36.0 Å². The summed E-state index contributed by atoms with van der Waals surface area (Å²) in [5.74, 6) is 0. The zero-order valence-corrected chi connectivity index (χ0v) is 13.2. The van der Waals surface area contributed by atoms with Crippen LogP contribution in [0.1, 0.15) is 52.4 Å². The number of likely N-dealkylation sites (tertiary alicyclic amines) is 1. The molecule has 2 aliphatic rings. The van der Waals surface area contributed by atoms with E-state index in [0.717, 1.165) is 12.1 Å². The first-order valence-electron chi connectivity index (χ1n) is 8.34. The molecule has 2 heterocycles. The highest BCUT2D eigenvalue weighted by Gasteiger charge is 2.26. The predicted molar refractivity (Wildman–Crippen MR) is 82.6 cm³/mol. The topological polar surface area (TPSA) is 18.5 Å². The van der Waals surface area contributed by atoms with E-state index in [1.165, 1.54) is 64.7 Å². The third kappa shape index (κ3) is 4.73. The molecule has 2 unspecified atom stereocenters. The highest BCUT2D eigenvalue weighted by Crippen LogP contribution is 2.20. The van der Waals surface area contributed by atoms with Crippen molar-refractivity contribution in [3.05, 3.63) is 0 Å². The van der Waals surface area contributed by atoms with Gasteiger partial charge in [-0.1, -0.05) is 6.42 Å². The lowest BCUT2D eigenvalue weighted by atomic mass is 10.0. The highest BCUT2D eigenvalue weighted by molar-refractivity contribution is 4.84. The fraction of sp³-hybridized carbons (Fsp3) is 1.00. The van der Waals surface area contributed by atoms with Crippen molar-refractivity contribution in [3.63, 3.8) is 0 Å². The average molecular weight is 267 g/mol. The number of hydrogen-bond donors (Lipinski definition) is 1. The van der Waals surface area contributed by atoms with Crippen molar-refractivity contribution < 1.29 is 0 Å². The van der Waals surface area contributed by atoms with Crippen LogP contribution >= 0.6 is 0 Å². The molecule has 0 bridgehead atoms. The third-order valence-electron chi connectivity index (χ3n) is 4.90. The van der Waals surface area contributed by atoms with Gasteiger partial charge in [-0.3, -0.25) is 4.90 Å². The summed E-state index contributed by atoms with van der Waals surface area (Å²) in [6.45, 7) is 9.78. The van der Waals surface area contributed by atoms with Crippen LogP contribution < -0.4 is 5.32 Å². The molecule has 2 rings (SSSR count). The number of nitrogens with zero attached hydrogens (tertiary/aromatic N) is 2. The molecule has 2 saturated heterocycles. The minimum Gasteiger partial charge on any atom is -0.313 e. The maximum absolute atomic E-state index is 3.72. The van der Waals surface area contributed by atoms with Crippen LogP contribution in [0.2, 0.25) is 0 Å². The zero-order chi connectivity index (χ0) is 13.7. The fourth-order valence-electron chi connectivity index (χ4n) is 3.67. The van der Waals surface area contributed by atoms with E-state index in [4.69, 9.17) is 0 Å². The standard InChI is InChI=1S/C16H33N3/c1-14(2)19(13-15-7-4-5-10-17-15)16-8-6-11-18(3)12-9-16/h14-17H,4-13H2,1-3H3. The molecular weight excluding hydrogens is 234 g/mol. The minimum absolute atomic E-state index is 0.678. The summed E-state index contributed by atoms with van der Waals surface area (Å²) in [5.41, 5.74) is 0. The molecule has 0 amide bonds. The molecule has 3 heteroatoms. The molecular formula is C16H33N3. The second kappa shape index (κ2) is 7.61. The van der Waals surface area contributed by atoms with Gasteiger partial charge in [-0.25, -0.2) is 0 Å². The molecule has 1 N–H and O–H groups in total. The first kappa shape index (κ1) is 15.3. The largest absolute Gasteiger partial charge is 0.313 e. The summed E-state index contributed by atoms with van der Waals surface area (Å²) in [6, 6.07) is 2.21. The van der Waals surface area contributed by atoms with Crippen molar-refractivity contribution >= 4 is 0 Å². The number of nitrogens with one attached hydrogen (secondary N) is 1. The monoisotopic (exact) mass is 267 g/mol. The van der Waals surface area contributed by atoms with E-state index in [0.29, 0.717) is 6.04 Å². The zero-order valence-electron chi connectivity index (χ0n) is 13.2. The van der Waals surface area contributed by atoms with Crippen molar-refractivity contribution in [1.82, 2.24) is 15.1 Å². The first-order valence-corrected chi connectivity index (χ1v) is 8.34. The summed E-state index contributed by atoms with van der Waals surface area (Å²) < 4.78 is 0. The van der Waals surface area contributed by atoms with Crippen LogP contribution in [0.3, 0.4) is 0 Å². The smallest absolute Gasteiger partial charge is 0.0195 e. The van der Waals surface area contributed by atoms with Gasteiger partial charge < -0.3 is 10.2 Å². The van der Waals surface area contributed by atoms with Crippen molar-refractivity contribution in [2.75, 3.05) is 33.2 Å². The summed E-state index contributed by atoms with van der Waals surface area (Å²) in [4.78, 5) is 5.28. The lowest BCUT2D eigenvalue weighted by Gasteiger charge is -2.38. The Bertz CT molecular complexity index is 248. The van der Waals surface area contributed by atoms with Gasteiger partial charge in [-0.2, -0.15) is 0 Å². The lowest BCUT2D eigenvalue weighted by Crippen LogP contribution is -2.50. The second-order valence-corrected chi connectivity index (χ2v) is 6.83. The van der Waals surface area contributed by atoms with Crippen LogP contribution in [-0.2, 0) is 0 Å². The summed E-state index contributed by atoms with van der Waals surface area (Å²) in [6.07, 6.45) is 8.25. The van der Waals surface area contributed by atoms with Gasteiger partial charge in [0.1, 0.15) is 0 Å². The van der Waals surface area contributed by atoms with Crippen LogP contribution in [0.4, 0.5) is 0 Å². The quantitative estimate of drug-likeness (QED) is 0.843. The molecule has 19 heavy (non-hydrogen) atoms. The Balaban J connectivity index is 1.90. The molecule has 0 aromatic heterocycles. The van der Waals surface area contributed by atoms with Crippen molar-refractivity contribution in [1.29, 1.82) is 0 Å². The van der Waals surface area contributed by atoms with Gasteiger partial charge in [0.2, 0.25) is 0 Å². The van der Waals surface area contributed by atoms with Gasteiger partial charge in [-0.15, -0.1) is 0 Å². The van der Waals surface area contributed by atoms with E-state index in [-0.39, 0.29) is 0 Å². The minimum atomic E-state index is 0.678. The summed E-state index contributed by atoms with van der Waals surface area (Å²) >= 11 is 0. The SMILES string of the molecule is CC(C)N(CC1CCCCN1)C1CCCN(C)CC1. The molecule has 112 valence electrons. The van der Waals surface area contributed by atoms with E-state index < -0.39 is 0 Å². The molecule has 0 saturated carbocycles. The molecule has 0 spiro atoms. The van der Waals surface area contributed by atoms with E-state index in [1.54, 1.807) is 0 Å². The summed E-state index contributed by atoms with van der Waals surface area (Å²) in [5, 5.41) is 3.72. The Morgan fingerprint density at radius 1 is 1.11 bits per heavy atom. The molecule has 0 radical (unpaired) electrons. The van der Waals surface area contributed by atoms with Crippen molar-refractivity contribution in [2.45, 2.75) is 70.5 Å². The molecule has 0 aliphatic carbocycles. The average Bonchev–Trinajstić information content (AvgIpc) is 2.62. The number of hydrogen-bond acceptors (Lipinski definition) is 3. The highest BCUT2D eigenvalue weighted by atomic mass is 15.2. The molecule has 2 fully saturated rings. The molecule has 2 aliphatic heterocycles. The van der Waals surface area contributed by atoms with E-state index in [1.807, 2.05) is 0 Å². The van der Waals surface area contributed by atoms with Gasteiger partial charge in [0.25, 0.3) is 0 Å². The number of rotatable bonds is 4. The normalized spacial score (nSPS) is 30.8. The predicted octanol–water partition coefficient (Wildman–Crippen LogP) is 2.32. The van der Waals surface area contributed by atoms with Crippen molar-refractivity contribution in [2.24, 2.45) is 0 Å². The summed E-state index contributed by atoms with van der Waals surface area (Å²) in [7, 11) is 2.27. The lowest BCUT2D eigenvalue weighted by molar-refractivity contribution is 0.117. The maximum Gasteiger partial charge on any atom is 0.0195 e. The van der Waals surface area contributed by atoms with Gasteiger partial charge in [0.15, 0.2) is 0 Å². The molecule has 2 atom stereocenters. The first-order chi connectivity index (χ1) is 9.16. The Hall–Kier alpha value is -0.120. The van der Waals surface area contributed by atoms with Crippen LogP contribution in [0, 0.1) is 0 Å². The second-order valence-electron chi connectivity index (χ2n) is 6.83. The van der Waals surface area contributed by atoms with Crippen LogP contribution in [0.25, 0.3) is 0 Å². The Morgan fingerprint density at radius 3 is 2.63 bits per heavy atom. The molecule has 0 aromatic carbocycles. The maximum atomic E-state index is 3.72. The fourth-order valence-corrected chi connectivity index (χ4v) is 3.67. The van der Waals surface area contributed by atoms with Gasteiger partial charge in [-0.05, 0) is 72.6 Å². The Labute approximate surface area is 119 Å². The van der Waals surface area contributed by atoms with Gasteiger partial charge in [0, 0.05) is 24.7 Å². The van der Waals surface area contributed by atoms with Gasteiger partial charge >= 0.3 is 0 Å². The molecule has 3 nitrogen and oxygen atoms in total. The van der Waals surface area contributed by atoms with Crippen LogP contribution in [-0.4, -0.2) is 61.2 Å². The van der Waals surface area contributed by atoms with Crippen LogP contribution in [0.5, 0.6) is 0 Å². The molecule has 0 aromatic rings. The Morgan fingerprint density at radius 2 is 1.95 bits per heavy atom. The van der Waals surface area contributed by atoms with Crippen molar-refractivity contribution in [3.8, 4) is 0 Å². The third-order valence-corrected chi connectivity index (χ3v) is 4.90. The van der Waals surface area contributed by atoms with Crippen LogP contribution in [0.15, 0.2) is 0 Å². The Kier molecular flexibility index (Phi) is 6.11. The van der Waals surface area contributed by atoms with E-state index >= 15 is 0 Å². The van der Waals surface area contributed by atoms with Gasteiger partial charge in [0.05, 0.1) is 0 Å². The van der Waals surface area contributed by atoms with E-state index in [9.17, 15) is 0 Å². The number of piperidine rings is 1.